The molecule has 2 heterocycles. The first-order chi connectivity index (χ1) is 24.5. The molecular weight excluding hydrogens is 607 g/mol. The fraction of sp³-hybridized carbons (Fsp3) is 0.104. The molecule has 2 nitrogen and oxygen atoms in total. The average Bonchev–Trinajstić information content (AvgIpc) is 3.55. The monoisotopic (exact) mass is 641 g/mol. The van der Waals surface area contributed by atoms with Gasteiger partial charge in [-0.1, -0.05) is 147 Å². The first-order valence-corrected chi connectivity index (χ1v) is 17.6. The number of pyridine rings is 1. The molecule has 1 aliphatic rings. The molecule has 0 atom stereocenters. The number of fused-ring (bicyclic) bond motifs is 9. The van der Waals surface area contributed by atoms with Crippen LogP contribution in [0.5, 0.6) is 0 Å². The molecule has 10 rings (SSSR count). The number of furan rings is 1. The van der Waals surface area contributed by atoms with E-state index in [0.717, 1.165) is 61.3 Å². The lowest BCUT2D eigenvalue weighted by atomic mass is 9.64. The van der Waals surface area contributed by atoms with Crippen molar-refractivity contribution in [2.24, 2.45) is 0 Å². The first kappa shape index (κ1) is 29.0. The Bertz CT molecular complexity index is 2720. The van der Waals surface area contributed by atoms with Crippen LogP contribution in [-0.4, -0.2) is 4.98 Å². The van der Waals surface area contributed by atoms with Gasteiger partial charge in [-0.15, -0.1) is 0 Å². The first-order valence-electron chi connectivity index (χ1n) is 17.6. The van der Waals surface area contributed by atoms with Crippen LogP contribution < -0.4 is 0 Å². The van der Waals surface area contributed by atoms with Crippen molar-refractivity contribution in [3.05, 3.63) is 186 Å². The SMILES string of the molecule is CC1(C)c2ccccc2C(Cc2cccc(-c3ccc4oc5c(ccc6c(-c7ccccc7)nc7ccccc7c65)c4c3)c2)c2ccccc21. The van der Waals surface area contributed by atoms with Crippen LogP contribution in [0.3, 0.4) is 0 Å². The predicted octanol–water partition coefficient (Wildman–Crippen LogP) is 12.6. The third-order valence-corrected chi connectivity index (χ3v) is 11.1. The molecule has 1 aliphatic carbocycles. The van der Waals surface area contributed by atoms with Crippen molar-refractivity contribution in [1.82, 2.24) is 4.98 Å². The Morgan fingerprint density at radius 2 is 1.20 bits per heavy atom. The molecule has 0 radical (unpaired) electrons. The van der Waals surface area contributed by atoms with Crippen LogP contribution in [0.1, 0.15) is 47.6 Å². The van der Waals surface area contributed by atoms with Gasteiger partial charge in [-0.2, -0.15) is 0 Å². The van der Waals surface area contributed by atoms with Crippen LogP contribution >= 0.6 is 0 Å². The third-order valence-electron chi connectivity index (χ3n) is 11.1. The van der Waals surface area contributed by atoms with Crippen molar-refractivity contribution in [3.8, 4) is 22.4 Å². The van der Waals surface area contributed by atoms with E-state index in [1.165, 1.54) is 38.9 Å². The molecular formula is C48H35NO. The fourth-order valence-corrected chi connectivity index (χ4v) is 8.65. The number of benzene rings is 7. The van der Waals surface area contributed by atoms with Gasteiger partial charge in [-0.3, -0.25) is 0 Å². The van der Waals surface area contributed by atoms with Gasteiger partial charge in [-0.05, 0) is 69.6 Å². The lowest BCUT2D eigenvalue weighted by molar-refractivity contribution is 0.579. The molecule has 0 fully saturated rings. The second-order valence-electron chi connectivity index (χ2n) is 14.3. The van der Waals surface area contributed by atoms with Crippen LogP contribution in [0.4, 0.5) is 0 Å². The summed E-state index contributed by atoms with van der Waals surface area (Å²) in [5.41, 5.74) is 14.3. The van der Waals surface area contributed by atoms with Crippen molar-refractivity contribution in [2.75, 3.05) is 0 Å². The van der Waals surface area contributed by atoms with Crippen LogP contribution in [0.15, 0.2) is 162 Å². The summed E-state index contributed by atoms with van der Waals surface area (Å²) in [6.45, 7) is 4.73. The summed E-state index contributed by atoms with van der Waals surface area (Å²) in [5, 5.41) is 5.57. The molecule has 0 saturated heterocycles. The molecule has 0 spiro atoms. The highest BCUT2D eigenvalue weighted by atomic mass is 16.3. The predicted molar refractivity (Wildman–Crippen MR) is 208 cm³/mol. The van der Waals surface area contributed by atoms with Gasteiger partial charge in [0, 0.05) is 43.8 Å². The van der Waals surface area contributed by atoms with Crippen LogP contribution in [0, 0.1) is 0 Å². The average molecular weight is 642 g/mol. The minimum atomic E-state index is -0.0223. The van der Waals surface area contributed by atoms with Crippen molar-refractivity contribution in [2.45, 2.75) is 31.6 Å². The van der Waals surface area contributed by atoms with Gasteiger partial charge in [0.15, 0.2) is 0 Å². The molecule has 7 aromatic carbocycles. The molecule has 0 unspecified atom stereocenters. The van der Waals surface area contributed by atoms with Gasteiger partial charge in [0.2, 0.25) is 0 Å². The summed E-state index contributed by atoms with van der Waals surface area (Å²) in [7, 11) is 0. The Balaban J connectivity index is 1.09. The zero-order valence-electron chi connectivity index (χ0n) is 28.2. The molecule has 238 valence electrons. The molecule has 0 amide bonds. The Kier molecular flexibility index (Phi) is 6.38. The van der Waals surface area contributed by atoms with Crippen molar-refractivity contribution in [3.63, 3.8) is 0 Å². The lowest BCUT2D eigenvalue weighted by Gasteiger charge is -2.39. The van der Waals surface area contributed by atoms with Gasteiger partial charge < -0.3 is 4.42 Å². The third kappa shape index (κ3) is 4.38. The van der Waals surface area contributed by atoms with E-state index >= 15 is 0 Å². The summed E-state index contributed by atoms with van der Waals surface area (Å²) >= 11 is 0. The smallest absolute Gasteiger partial charge is 0.144 e. The van der Waals surface area contributed by atoms with Gasteiger partial charge >= 0.3 is 0 Å². The van der Waals surface area contributed by atoms with Gasteiger partial charge in [0.05, 0.1) is 11.2 Å². The van der Waals surface area contributed by atoms with E-state index in [4.69, 9.17) is 9.40 Å². The zero-order valence-corrected chi connectivity index (χ0v) is 28.2. The van der Waals surface area contributed by atoms with E-state index in [-0.39, 0.29) is 5.41 Å². The van der Waals surface area contributed by atoms with E-state index in [1.54, 1.807) is 0 Å². The van der Waals surface area contributed by atoms with Crippen molar-refractivity contribution >= 4 is 43.6 Å². The Morgan fingerprint density at radius 3 is 2.00 bits per heavy atom. The van der Waals surface area contributed by atoms with Gasteiger partial charge in [0.25, 0.3) is 0 Å². The quantitative estimate of drug-likeness (QED) is 0.179. The summed E-state index contributed by atoms with van der Waals surface area (Å²) in [5.74, 6) is 0.310. The Labute approximate surface area is 291 Å². The Morgan fingerprint density at radius 1 is 0.540 bits per heavy atom. The van der Waals surface area contributed by atoms with Crippen LogP contribution in [-0.2, 0) is 11.8 Å². The number of hydrogen-bond acceptors (Lipinski definition) is 2. The van der Waals surface area contributed by atoms with Gasteiger partial charge in [-0.25, -0.2) is 4.98 Å². The van der Waals surface area contributed by atoms with Crippen molar-refractivity contribution < 1.29 is 4.42 Å². The maximum atomic E-state index is 6.74. The van der Waals surface area contributed by atoms with Crippen molar-refractivity contribution in [1.29, 1.82) is 0 Å². The molecule has 9 aromatic rings. The largest absolute Gasteiger partial charge is 0.455 e. The summed E-state index contributed by atoms with van der Waals surface area (Å²) in [6, 6.07) is 57.2. The number of rotatable bonds is 4. The van der Waals surface area contributed by atoms with Crippen LogP contribution in [0.2, 0.25) is 0 Å². The summed E-state index contributed by atoms with van der Waals surface area (Å²) in [6.07, 6.45) is 0.950. The number of para-hydroxylation sites is 1. The highest BCUT2D eigenvalue weighted by Crippen LogP contribution is 2.48. The number of aromatic nitrogens is 1. The molecule has 0 aliphatic heterocycles. The fourth-order valence-electron chi connectivity index (χ4n) is 8.65. The highest BCUT2D eigenvalue weighted by Gasteiger charge is 2.36. The minimum Gasteiger partial charge on any atom is -0.455 e. The molecule has 0 saturated carbocycles. The maximum Gasteiger partial charge on any atom is 0.144 e. The van der Waals surface area contributed by atoms with E-state index in [9.17, 15) is 0 Å². The molecule has 2 heteroatoms. The van der Waals surface area contributed by atoms with E-state index in [1.807, 2.05) is 6.07 Å². The van der Waals surface area contributed by atoms with E-state index in [2.05, 4.69) is 166 Å². The minimum absolute atomic E-state index is 0.0223. The molecule has 2 aromatic heterocycles. The molecule has 50 heavy (non-hydrogen) atoms. The van der Waals surface area contributed by atoms with Gasteiger partial charge in [0.1, 0.15) is 11.2 Å². The second-order valence-corrected chi connectivity index (χ2v) is 14.3. The van der Waals surface area contributed by atoms with E-state index < -0.39 is 0 Å². The second kappa shape index (κ2) is 11.0. The molecule has 0 N–H and O–H groups in total. The molecule has 0 bridgehead atoms. The summed E-state index contributed by atoms with van der Waals surface area (Å²) < 4.78 is 6.74. The standard InChI is InChI=1S/C48H35NO/c1-48(2)41-20-9-6-17-34(41)39(35-18-7-10-21-42(35)48)28-30-13-12-16-32(27-30)33-23-26-44-40(29-33)36-24-25-38-45(47(36)50-44)37-19-8-11-22-43(37)49-46(38)31-14-4-3-5-15-31/h3-27,29,39H,28H2,1-2H3. The maximum absolute atomic E-state index is 6.74. The topological polar surface area (TPSA) is 26.0 Å². The zero-order chi connectivity index (χ0) is 33.4. The summed E-state index contributed by atoms with van der Waals surface area (Å²) in [4.78, 5) is 5.13. The highest BCUT2D eigenvalue weighted by molar-refractivity contribution is 6.24. The lowest BCUT2D eigenvalue weighted by Crippen LogP contribution is -2.30. The normalized spacial score (nSPS) is 14.0. The van der Waals surface area contributed by atoms with E-state index in [0.29, 0.717) is 5.92 Å². The number of nitrogens with zero attached hydrogens (tertiary/aromatic N) is 1. The Hall–Kier alpha value is -5.99. The van der Waals surface area contributed by atoms with Crippen LogP contribution in [0.25, 0.3) is 66.0 Å². The number of hydrogen-bond donors (Lipinski definition) is 0.